The van der Waals surface area contributed by atoms with Crippen LogP contribution in [-0.4, -0.2) is 34.5 Å². The van der Waals surface area contributed by atoms with Gasteiger partial charge in [0.25, 0.3) is 0 Å². The number of halogens is 1. The fourth-order valence-electron chi connectivity index (χ4n) is 1.62. The van der Waals surface area contributed by atoms with E-state index in [2.05, 4.69) is 10.1 Å². The van der Waals surface area contributed by atoms with Gasteiger partial charge in [0, 0.05) is 13.3 Å². The number of pyridine rings is 1. The summed E-state index contributed by atoms with van der Waals surface area (Å²) < 4.78 is 11.4. The van der Waals surface area contributed by atoms with Crippen LogP contribution in [0, 0.1) is 0 Å². The fourth-order valence-corrected chi connectivity index (χ4v) is 1.86. The van der Waals surface area contributed by atoms with E-state index in [0.717, 1.165) is 0 Å². The third kappa shape index (κ3) is 2.16. The van der Waals surface area contributed by atoms with Gasteiger partial charge in [-0.1, -0.05) is 11.6 Å². The van der Waals surface area contributed by atoms with Gasteiger partial charge in [0.2, 0.25) is 0 Å². The van der Waals surface area contributed by atoms with Gasteiger partial charge >= 0.3 is 5.97 Å². The Balaban J connectivity index is 2.61. The summed E-state index contributed by atoms with van der Waals surface area (Å²) in [5.74, 6) is -0.521. The van der Waals surface area contributed by atoms with Crippen LogP contribution in [0.4, 0.5) is 0 Å². The van der Waals surface area contributed by atoms with E-state index in [1.807, 2.05) is 0 Å². The zero-order valence-corrected chi connectivity index (χ0v) is 10.8. The van der Waals surface area contributed by atoms with Gasteiger partial charge in [0.1, 0.15) is 17.8 Å². The van der Waals surface area contributed by atoms with E-state index < -0.39 is 5.97 Å². The highest BCUT2D eigenvalue weighted by molar-refractivity contribution is 6.35. The van der Waals surface area contributed by atoms with Crippen LogP contribution >= 0.6 is 11.6 Å². The lowest BCUT2D eigenvalue weighted by Crippen LogP contribution is -2.08. The number of hydrogen-bond acceptors (Lipinski definition) is 5. The van der Waals surface area contributed by atoms with Crippen LogP contribution in [0.15, 0.2) is 12.3 Å². The van der Waals surface area contributed by atoms with Crippen molar-refractivity contribution in [1.82, 2.24) is 14.8 Å². The Kier molecular flexibility index (Phi) is 3.78. The smallest absolute Gasteiger partial charge is 0.361 e. The Hall–Kier alpha value is -1.66. The average Bonchev–Trinajstić information content (AvgIpc) is 2.70. The monoisotopic (exact) mass is 269 g/mol. The molecular weight excluding hydrogens is 258 g/mol. The third-order valence-corrected chi connectivity index (χ3v) is 2.60. The van der Waals surface area contributed by atoms with Gasteiger partial charge in [0.15, 0.2) is 5.69 Å². The second-order valence-corrected chi connectivity index (χ2v) is 3.88. The zero-order chi connectivity index (χ0) is 13.1. The van der Waals surface area contributed by atoms with Crippen molar-refractivity contribution in [3.05, 3.63) is 23.0 Å². The second kappa shape index (κ2) is 5.32. The first-order valence-corrected chi connectivity index (χ1v) is 5.74. The van der Waals surface area contributed by atoms with Gasteiger partial charge in [-0.05, 0) is 13.0 Å². The number of hydrogen-bond donors (Lipinski definition) is 0. The number of aromatic nitrogens is 3. The summed E-state index contributed by atoms with van der Waals surface area (Å²) in [5.41, 5.74) is 1.12. The van der Waals surface area contributed by atoms with Crippen molar-refractivity contribution < 1.29 is 14.3 Å². The molecule has 96 valence electrons. The Morgan fingerprint density at radius 1 is 1.56 bits per heavy atom. The average molecular weight is 270 g/mol. The van der Waals surface area contributed by atoms with Crippen LogP contribution < -0.4 is 0 Å². The van der Waals surface area contributed by atoms with Crippen molar-refractivity contribution >= 4 is 28.6 Å². The van der Waals surface area contributed by atoms with E-state index in [0.29, 0.717) is 16.1 Å². The molecule has 0 fully saturated rings. The molecule has 0 aliphatic heterocycles. The Morgan fingerprint density at radius 3 is 3.00 bits per heavy atom. The standard InChI is InChI=1S/C11H12ClN3O3/c1-3-18-11(16)9-8-10(7(12)4-5-13-8)15(14-9)6-17-2/h4-5H,3,6H2,1-2H3. The van der Waals surface area contributed by atoms with E-state index in [-0.39, 0.29) is 19.0 Å². The van der Waals surface area contributed by atoms with Gasteiger partial charge in [0.05, 0.1) is 11.6 Å². The molecule has 0 aliphatic rings. The first-order valence-electron chi connectivity index (χ1n) is 5.36. The molecule has 0 atom stereocenters. The van der Waals surface area contributed by atoms with Crippen molar-refractivity contribution in [1.29, 1.82) is 0 Å². The number of methoxy groups -OCH3 is 1. The molecular formula is C11H12ClN3O3. The molecule has 0 aliphatic carbocycles. The quantitative estimate of drug-likeness (QED) is 0.793. The minimum Gasteiger partial charge on any atom is -0.461 e. The molecule has 2 rings (SSSR count). The molecule has 0 bridgehead atoms. The Bertz CT molecular complexity index is 582. The minimum atomic E-state index is -0.521. The maximum Gasteiger partial charge on any atom is 0.361 e. The van der Waals surface area contributed by atoms with Crippen molar-refractivity contribution in [3.63, 3.8) is 0 Å². The molecule has 0 aromatic carbocycles. The highest BCUT2D eigenvalue weighted by Gasteiger charge is 2.21. The van der Waals surface area contributed by atoms with E-state index in [1.165, 1.54) is 18.0 Å². The van der Waals surface area contributed by atoms with Crippen LogP contribution in [-0.2, 0) is 16.2 Å². The highest BCUT2D eigenvalue weighted by atomic mass is 35.5. The van der Waals surface area contributed by atoms with Crippen molar-refractivity contribution in [2.45, 2.75) is 13.7 Å². The number of carbonyl (C=O) groups is 1. The van der Waals surface area contributed by atoms with Gasteiger partial charge < -0.3 is 9.47 Å². The number of esters is 1. The lowest BCUT2D eigenvalue weighted by atomic mass is 10.3. The maximum absolute atomic E-state index is 11.8. The van der Waals surface area contributed by atoms with Gasteiger partial charge in [-0.2, -0.15) is 5.10 Å². The van der Waals surface area contributed by atoms with Crippen LogP contribution in [0.5, 0.6) is 0 Å². The molecule has 0 radical (unpaired) electrons. The first-order chi connectivity index (χ1) is 8.69. The number of ether oxygens (including phenoxy) is 2. The summed E-state index contributed by atoms with van der Waals surface area (Å²) in [5, 5.41) is 4.59. The Labute approximate surface area is 108 Å². The Morgan fingerprint density at radius 2 is 2.33 bits per heavy atom. The molecule has 0 spiro atoms. The number of carbonyl (C=O) groups excluding carboxylic acids is 1. The lowest BCUT2D eigenvalue weighted by molar-refractivity contribution is 0.0517. The summed E-state index contributed by atoms with van der Waals surface area (Å²) in [6.45, 7) is 2.19. The molecule has 0 saturated heterocycles. The molecule has 2 aromatic rings. The summed E-state index contributed by atoms with van der Waals surface area (Å²) in [6.07, 6.45) is 1.52. The summed E-state index contributed by atoms with van der Waals surface area (Å²) >= 11 is 6.08. The highest BCUT2D eigenvalue weighted by Crippen LogP contribution is 2.24. The summed E-state index contributed by atoms with van der Waals surface area (Å²) in [4.78, 5) is 15.9. The predicted octanol–water partition coefficient (Wildman–Crippen LogP) is 1.87. The fraction of sp³-hybridized carbons (Fsp3) is 0.364. The lowest BCUT2D eigenvalue weighted by Gasteiger charge is -2.01. The molecule has 7 heteroatoms. The summed E-state index contributed by atoms with van der Waals surface area (Å²) in [7, 11) is 1.53. The zero-order valence-electron chi connectivity index (χ0n) is 10.0. The maximum atomic E-state index is 11.8. The van der Waals surface area contributed by atoms with Crippen LogP contribution in [0.25, 0.3) is 11.0 Å². The normalized spacial score (nSPS) is 10.8. The first kappa shape index (κ1) is 12.8. The predicted molar refractivity (Wildman–Crippen MR) is 65.5 cm³/mol. The van der Waals surface area contributed by atoms with Gasteiger partial charge in [-0.25, -0.2) is 9.48 Å². The minimum absolute atomic E-state index is 0.145. The molecule has 2 heterocycles. The van der Waals surface area contributed by atoms with E-state index in [1.54, 1.807) is 13.0 Å². The van der Waals surface area contributed by atoms with E-state index >= 15 is 0 Å². The molecule has 2 aromatic heterocycles. The van der Waals surface area contributed by atoms with Crippen molar-refractivity contribution in [3.8, 4) is 0 Å². The molecule has 18 heavy (non-hydrogen) atoms. The van der Waals surface area contributed by atoms with E-state index in [4.69, 9.17) is 21.1 Å². The second-order valence-electron chi connectivity index (χ2n) is 3.48. The van der Waals surface area contributed by atoms with Crippen LogP contribution in [0.2, 0.25) is 5.02 Å². The van der Waals surface area contributed by atoms with Gasteiger partial charge in [-0.15, -0.1) is 0 Å². The topological polar surface area (TPSA) is 66.2 Å². The van der Waals surface area contributed by atoms with Crippen LogP contribution in [0.1, 0.15) is 17.4 Å². The third-order valence-electron chi connectivity index (χ3n) is 2.30. The number of fused-ring (bicyclic) bond motifs is 1. The molecule has 6 nitrogen and oxygen atoms in total. The SMILES string of the molecule is CCOC(=O)c1nn(COC)c2c(Cl)ccnc12. The number of rotatable bonds is 4. The molecule has 0 unspecified atom stereocenters. The van der Waals surface area contributed by atoms with Crippen molar-refractivity contribution in [2.24, 2.45) is 0 Å². The van der Waals surface area contributed by atoms with Crippen LogP contribution in [0.3, 0.4) is 0 Å². The van der Waals surface area contributed by atoms with Gasteiger partial charge in [-0.3, -0.25) is 4.98 Å². The molecule has 0 N–H and O–H groups in total. The number of nitrogens with zero attached hydrogens (tertiary/aromatic N) is 3. The largest absolute Gasteiger partial charge is 0.461 e. The molecule has 0 saturated carbocycles. The summed E-state index contributed by atoms with van der Waals surface area (Å²) in [6, 6.07) is 1.63. The van der Waals surface area contributed by atoms with Crippen molar-refractivity contribution in [2.75, 3.05) is 13.7 Å². The molecule has 0 amide bonds. The van der Waals surface area contributed by atoms with E-state index in [9.17, 15) is 4.79 Å².